The van der Waals surface area contributed by atoms with E-state index < -0.39 is 17.6 Å². The Bertz CT molecular complexity index is 900. The van der Waals surface area contributed by atoms with Crippen LogP contribution < -0.4 is 5.32 Å². The standard InChI is InChI=1S/C19H16F3N3O/c1-13-11-17(25(24-13)12-14-5-3-2-4-6-14)23-18(26)15-7-9-16(10-8-15)19(20,21)22/h2-11H,12H2,1H3,(H,23,26). The molecule has 26 heavy (non-hydrogen) atoms. The summed E-state index contributed by atoms with van der Waals surface area (Å²) in [5, 5.41) is 7.06. The van der Waals surface area contributed by atoms with Crippen molar-refractivity contribution < 1.29 is 18.0 Å². The van der Waals surface area contributed by atoms with Gasteiger partial charge in [-0.25, -0.2) is 4.68 Å². The Labute approximate surface area is 148 Å². The molecule has 0 radical (unpaired) electrons. The molecule has 0 atom stereocenters. The van der Waals surface area contributed by atoms with E-state index in [0.29, 0.717) is 12.4 Å². The van der Waals surface area contributed by atoms with E-state index in [0.717, 1.165) is 35.5 Å². The number of hydrogen-bond acceptors (Lipinski definition) is 2. The molecule has 3 aromatic rings. The van der Waals surface area contributed by atoms with Crippen LogP contribution in [0, 0.1) is 6.92 Å². The third-order valence-electron chi connectivity index (χ3n) is 3.79. The maximum atomic E-state index is 12.6. The van der Waals surface area contributed by atoms with Crippen molar-refractivity contribution >= 4 is 11.7 Å². The second-order valence-electron chi connectivity index (χ2n) is 5.84. The van der Waals surface area contributed by atoms with Crippen molar-refractivity contribution in [1.82, 2.24) is 9.78 Å². The molecular formula is C19H16F3N3O. The Hall–Kier alpha value is -3.09. The molecule has 0 fully saturated rings. The number of aryl methyl sites for hydroxylation is 1. The zero-order valence-electron chi connectivity index (χ0n) is 13.9. The monoisotopic (exact) mass is 359 g/mol. The molecule has 1 heterocycles. The lowest BCUT2D eigenvalue weighted by molar-refractivity contribution is -0.137. The molecule has 0 unspecified atom stereocenters. The Balaban J connectivity index is 1.77. The number of carbonyl (C=O) groups is 1. The number of amides is 1. The molecule has 0 saturated heterocycles. The van der Waals surface area contributed by atoms with Gasteiger partial charge in [0, 0.05) is 11.6 Å². The van der Waals surface area contributed by atoms with Crippen molar-refractivity contribution in [2.24, 2.45) is 0 Å². The first-order chi connectivity index (χ1) is 12.3. The maximum absolute atomic E-state index is 12.6. The Morgan fingerprint density at radius 1 is 1.08 bits per heavy atom. The number of alkyl halides is 3. The van der Waals surface area contributed by atoms with Crippen LogP contribution >= 0.6 is 0 Å². The van der Waals surface area contributed by atoms with Gasteiger partial charge in [0.1, 0.15) is 5.82 Å². The molecule has 0 saturated carbocycles. The van der Waals surface area contributed by atoms with Gasteiger partial charge >= 0.3 is 6.18 Å². The highest BCUT2D eigenvalue weighted by Crippen LogP contribution is 2.29. The normalized spacial score (nSPS) is 11.4. The fourth-order valence-electron chi connectivity index (χ4n) is 2.52. The molecule has 0 aliphatic carbocycles. The molecule has 4 nitrogen and oxygen atoms in total. The van der Waals surface area contributed by atoms with Crippen LogP contribution in [-0.2, 0) is 12.7 Å². The third-order valence-corrected chi connectivity index (χ3v) is 3.79. The molecule has 1 aromatic heterocycles. The number of carbonyl (C=O) groups excluding carboxylic acids is 1. The highest BCUT2D eigenvalue weighted by Gasteiger charge is 2.30. The second-order valence-corrected chi connectivity index (χ2v) is 5.84. The van der Waals surface area contributed by atoms with Crippen molar-refractivity contribution in [3.05, 3.63) is 83.0 Å². The Morgan fingerprint density at radius 3 is 2.35 bits per heavy atom. The lowest BCUT2D eigenvalue weighted by atomic mass is 10.1. The molecule has 1 N–H and O–H groups in total. The largest absolute Gasteiger partial charge is 0.416 e. The van der Waals surface area contributed by atoms with Gasteiger partial charge in [-0.15, -0.1) is 0 Å². The van der Waals surface area contributed by atoms with Crippen molar-refractivity contribution in [3.63, 3.8) is 0 Å². The van der Waals surface area contributed by atoms with Crippen LogP contribution in [0.3, 0.4) is 0 Å². The van der Waals surface area contributed by atoms with Gasteiger partial charge in [-0.05, 0) is 36.8 Å². The maximum Gasteiger partial charge on any atom is 0.416 e. The quantitative estimate of drug-likeness (QED) is 0.745. The predicted molar refractivity (Wildman–Crippen MR) is 91.9 cm³/mol. The summed E-state index contributed by atoms with van der Waals surface area (Å²) in [7, 11) is 0. The Kier molecular flexibility index (Phi) is 4.79. The molecule has 0 aliphatic rings. The van der Waals surface area contributed by atoms with Gasteiger partial charge in [-0.3, -0.25) is 4.79 Å². The molecule has 0 aliphatic heterocycles. The number of anilines is 1. The fraction of sp³-hybridized carbons (Fsp3) is 0.158. The van der Waals surface area contributed by atoms with Crippen molar-refractivity contribution in [2.75, 3.05) is 5.32 Å². The lowest BCUT2D eigenvalue weighted by Crippen LogP contribution is -2.16. The summed E-state index contributed by atoms with van der Waals surface area (Å²) in [5.41, 5.74) is 1.09. The highest BCUT2D eigenvalue weighted by molar-refractivity contribution is 6.03. The van der Waals surface area contributed by atoms with E-state index in [1.165, 1.54) is 0 Å². The third kappa shape index (κ3) is 4.11. The average molecular weight is 359 g/mol. The molecule has 134 valence electrons. The molecule has 2 aromatic carbocycles. The second kappa shape index (κ2) is 7.03. The van der Waals surface area contributed by atoms with E-state index in [9.17, 15) is 18.0 Å². The number of rotatable bonds is 4. The predicted octanol–water partition coefficient (Wildman–Crippen LogP) is 4.51. The zero-order valence-corrected chi connectivity index (χ0v) is 13.9. The van der Waals surface area contributed by atoms with E-state index in [4.69, 9.17) is 0 Å². The number of aromatic nitrogens is 2. The minimum Gasteiger partial charge on any atom is -0.307 e. The smallest absolute Gasteiger partial charge is 0.307 e. The van der Waals surface area contributed by atoms with Gasteiger partial charge in [0.25, 0.3) is 5.91 Å². The average Bonchev–Trinajstić information content (AvgIpc) is 2.94. The molecule has 7 heteroatoms. The van der Waals surface area contributed by atoms with Gasteiger partial charge in [0.2, 0.25) is 0 Å². The molecule has 0 spiro atoms. The van der Waals surface area contributed by atoms with Crippen LogP contribution in [0.1, 0.15) is 27.2 Å². The number of halogens is 3. The summed E-state index contributed by atoms with van der Waals surface area (Å²) in [4.78, 5) is 12.4. The first-order valence-corrected chi connectivity index (χ1v) is 7.90. The topological polar surface area (TPSA) is 46.9 Å². The Morgan fingerprint density at radius 2 is 1.73 bits per heavy atom. The fourth-order valence-corrected chi connectivity index (χ4v) is 2.52. The van der Waals surface area contributed by atoms with Crippen molar-refractivity contribution in [3.8, 4) is 0 Å². The summed E-state index contributed by atoms with van der Waals surface area (Å²) in [6.07, 6.45) is -4.43. The van der Waals surface area contributed by atoms with Gasteiger partial charge in [0.05, 0.1) is 17.8 Å². The van der Waals surface area contributed by atoms with Gasteiger partial charge in [-0.1, -0.05) is 30.3 Å². The van der Waals surface area contributed by atoms with Crippen LogP contribution in [-0.4, -0.2) is 15.7 Å². The lowest BCUT2D eigenvalue weighted by Gasteiger charge is -2.10. The summed E-state index contributed by atoms with van der Waals surface area (Å²) in [6.45, 7) is 2.27. The summed E-state index contributed by atoms with van der Waals surface area (Å²) >= 11 is 0. The first-order valence-electron chi connectivity index (χ1n) is 7.90. The van der Waals surface area contributed by atoms with Crippen LogP contribution in [0.5, 0.6) is 0 Å². The summed E-state index contributed by atoms with van der Waals surface area (Å²) in [6, 6.07) is 15.4. The minimum atomic E-state index is -4.43. The van der Waals surface area contributed by atoms with E-state index >= 15 is 0 Å². The van der Waals surface area contributed by atoms with E-state index in [-0.39, 0.29) is 5.56 Å². The van der Waals surface area contributed by atoms with E-state index in [2.05, 4.69) is 10.4 Å². The van der Waals surface area contributed by atoms with Crippen molar-refractivity contribution in [1.29, 1.82) is 0 Å². The van der Waals surface area contributed by atoms with Gasteiger partial charge in [0.15, 0.2) is 0 Å². The first kappa shape index (κ1) is 17.7. The van der Waals surface area contributed by atoms with Crippen LogP contribution in [0.4, 0.5) is 19.0 Å². The SMILES string of the molecule is Cc1cc(NC(=O)c2ccc(C(F)(F)F)cc2)n(Cc2ccccc2)n1. The number of hydrogen-bond donors (Lipinski definition) is 1. The number of nitrogens with zero attached hydrogens (tertiary/aromatic N) is 2. The van der Waals surface area contributed by atoms with Crippen LogP contribution in [0.2, 0.25) is 0 Å². The molecular weight excluding hydrogens is 343 g/mol. The van der Waals surface area contributed by atoms with E-state index in [1.54, 1.807) is 17.7 Å². The number of nitrogens with one attached hydrogen (secondary N) is 1. The highest BCUT2D eigenvalue weighted by atomic mass is 19.4. The zero-order chi connectivity index (χ0) is 18.7. The van der Waals surface area contributed by atoms with Crippen molar-refractivity contribution in [2.45, 2.75) is 19.6 Å². The molecule has 3 rings (SSSR count). The minimum absolute atomic E-state index is 0.142. The summed E-state index contributed by atoms with van der Waals surface area (Å²) < 4.78 is 39.5. The molecule has 0 bridgehead atoms. The van der Waals surface area contributed by atoms with Crippen LogP contribution in [0.15, 0.2) is 60.7 Å². The summed E-state index contributed by atoms with van der Waals surface area (Å²) in [5.74, 6) is -0.0100. The molecule has 1 amide bonds. The number of benzene rings is 2. The van der Waals surface area contributed by atoms with E-state index in [1.807, 2.05) is 30.3 Å². The van der Waals surface area contributed by atoms with Gasteiger partial charge < -0.3 is 5.32 Å². The van der Waals surface area contributed by atoms with Crippen LogP contribution in [0.25, 0.3) is 0 Å². The van der Waals surface area contributed by atoms with Gasteiger partial charge in [-0.2, -0.15) is 18.3 Å².